The van der Waals surface area contributed by atoms with Crippen LogP contribution < -0.4 is 9.62 Å². The smallest absolute Gasteiger partial charge is 0.240 e. The Balaban J connectivity index is 1.42. The van der Waals surface area contributed by atoms with Gasteiger partial charge in [-0.15, -0.1) is 0 Å². The second kappa shape index (κ2) is 9.45. The lowest BCUT2D eigenvalue weighted by Gasteiger charge is -2.44. The van der Waals surface area contributed by atoms with E-state index in [1.54, 1.807) is 24.3 Å². The van der Waals surface area contributed by atoms with Crippen LogP contribution in [0.1, 0.15) is 25.7 Å². The zero-order chi connectivity index (χ0) is 21.1. The number of hydrogen-bond donors (Lipinski definition) is 1. The normalized spacial score (nSPS) is 23.5. The summed E-state index contributed by atoms with van der Waals surface area (Å²) in [6.45, 7) is 3.65. The van der Waals surface area contributed by atoms with Crippen LogP contribution in [0.4, 0.5) is 5.69 Å². The van der Waals surface area contributed by atoms with Gasteiger partial charge in [-0.3, -0.25) is 4.90 Å². The molecule has 2 aliphatic rings. The van der Waals surface area contributed by atoms with Crippen molar-refractivity contribution < 1.29 is 8.42 Å². The topological polar surface area (TPSA) is 52.7 Å². The lowest BCUT2D eigenvalue weighted by Crippen LogP contribution is -2.58. The first kappa shape index (κ1) is 21.9. The Bertz CT molecular complexity index is 961. The zero-order valence-electron chi connectivity index (χ0n) is 16.8. The Morgan fingerprint density at radius 2 is 1.57 bits per heavy atom. The number of benzene rings is 2. The van der Waals surface area contributed by atoms with Crippen LogP contribution >= 0.6 is 23.2 Å². The summed E-state index contributed by atoms with van der Waals surface area (Å²) in [7, 11) is -3.57. The van der Waals surface area contributed by atoms with Gasteiger partial charge >= 0.3 is 0 Å². The molecular weight excluding hydrogens is 441 g/mol. The highest BCUT2D eigenvalue weighted by molar-refractivity contribution is 7.89. The minimum atomic E-state index is -3.57. The fourth-order valence-electron chi connectivity index (χ4n) is 4.55. The van der Waals surface area contributed by atoms with E-state index in [9.17, 15) is 8.42 Å². The van der Waals surface area contributed by atoms with Crippen molar-refractivity contribution in [1.82, 2.24) is 9.62 Å². The van der Waals surface area contributed by atoms with Crippen LogP contribution in [0, 0.1) is 0 Å². The summed E-state index contributed by atoms with van der Waals surface area (Å²) in [5.41, 5.74) is 1.14. The summed E-state index contributed by atoms with van der Waals surface area (Å²) in [4.78, 5) is 5.06. The molecule has 1 aliphatic heterocycles. The minimum Gasteiger partial charge on any atom is -0.369 e. The monoisotopic (exact) mass is 467 g/mol. The van der Waals surface area contributed by atoms with Gasteiger partial charge in [-0.2, -0.15) is 0 Å². The number of sulfonamides is 1. The molecule has 1 N–H and O–H groups in total. The van der Waals surface area contributed by atoms with Gasteiger partial charge in [0.2, 0.25) is 10.0 Å². The molecule has 0 unspecified atom stereocenters. The molecule has 8 heteroatoms. The third-order valence-corrected chi connectivity index (χ3v) is 8.11. The van der Waals surface area contributed by atoms with E-state index in [2.05, 4.69) is 20.6 Å². The van der Waals surface area contributed by atoms with Crippen molar-refractivity contribution in [2.45, 2.75) is 42.7 Å². The Labute approximate surface area is 189 Å². The van der Waals surface area contributed by atoms with Crippen LogP contribution in [-0.2, 0) is 10.0 Å². The fourth-order valence-corrected chi connectivity index (χ4v) is 6.17. The maximum Gasteiger partial charge on any atom is 0.240 e. The number of halogens is 2. The van der Waals surface area contributed by atoms with Crippen molar-refractivity contribution in [2.24, 2.45) is 0 Å². The molecule has 2 aromatic carbocycles. The Hall–Kier alpha value is -1.31. The van der Waals surface area contributed by atoms with Crippen LogP contribution in [-0.4, -0.2) is 51.6 Å². The molecule has 1 heterocycles. The Morgan fingerprint density at radius 3 is 2.27 bits per heavy atom. The van der Waals surface area contributed by atoms with Gasteiger partial charge in [0.05, 0.1) is 4.90 Å². The molecule has 162 valence electrons. The van der Waals surface area contributed by atoms with Gasteiger partial charge in [-0.25, -0.2) is 13.1 Å². The quantitative estimate of drug-likeness (QED) is 0.707. The first-order chi connectivity index (χ1) is 14.4. The predicted octanol–water partition coefficient (Wildman–Crippen LogP) is 4.41. The number of nitrogens with zero attached hydrogens (tertiary/aromatic N) is 2. The van der Waals surface area contributed by atoms with Crippen molar-refractivity contribution in [3.05, 3.63) is 58.6 Å². The van der Waals surface area contributed by atoms with Crippen molar-refractivity contribution in [2.75, 3.05) is 31.1 Å². The zero-order valence-corrected chi connectivity index (χ0v) is 19.1. The van der Waals surface area contributed by atoms with Gasteiger partial charge in [-0.1, -0.05) is 42.1 Å². The third-order valence-electron chi connectivity index (χ3n) is 6.12. The third kappa shape index (κ3) is 5.11. The van der Waals surface area contributed by atoms with E-state index in [0.29, 0.717) is 5.02 Å². The molecule has 0 spiro atoms. The van der Waals surface area contributed by atoms with Gasteiger partial charge in [0.15, 0.2) is 0 Å². The molecular formula is C22H27Cl2N3O2S. The molecule has 2 fully saturated rings. The lowest BCUT2D eigenvalue weighted by molar-refractivity contribution is 0.124. The lowest BCUT2D eigenvalue weighted by atomic mass is 9.89. The number of piperazine rings is 1. The average molecular weight is 468 g/mol. The van der Waals surface area contributed by atoms with Gasteiger partial charge < -0.3 is 4.90 Å². The Kier molecular flexibility index (Phi) is 6.90. The second-order valence-electron chi connectivity index (χ2n) is 8.04. The van der Waals surface area contributed by atoms with Crippen LogP contribution in [0.25, 0.3) is 0 Å². The van der Waals surface area contributed by atoms with Gasteiger partial charge in [0.1, 0.15) is 0 Å². The molecule has 4 rings (SSSR count). The van der Waals surface area contributed by atoms with Crippen LogP contribution in [0.5, 0.6) is 0 Å². The van der Waals surface area contributed by atoms with Crippen molar-refractivity contribution >= 4 is 38.9 Å². The van der Waals surface area contributed by atoms with Gasteiger partial charge in [0.25, 0.3) is 0 Å². The molecule has 1 saturated carbocycles. The summed E-state index contributed by atoms with van der Waals surface area (Å²) < 4.78 is 28.8. The largest absolute Gasteiger partial charge is 0.369 e. The molecule has 0 radical (unpaired) electrons. The molecule has 0 aromatic heterocycles. The minimum absolute atomic E-state index is 0.0721. The van der Waals surface area contributed by atoms with E-state index in [1.165, 1.54) is 0 Å². The number of hydrogen-bond acceptors (Lipinski definition) is 4. The van der Waals surface area contributed by atoms with Gasteiger partial charge in [-0.05, 0) is 55.3 Å². The summed E-state index contributed by atoms with van der Waals surface area (Å²) in [5.74, 6) is 0. The van der Waals surface area contributed by atoms with Crippen molar-refractivity contribution in [3.63, 3.8) is 0 Å². The van der Waals surface area contributed by atoms with E-state index in [1.807, 2.05) is 18.2 Å². The molecule has 2 atom stereocenters. The van der Waals surface area contributed by atoms with E-state index in [4.69, 9.17) is 23.2 Å². The predicted molar refractivity (Wildman–Crippen MR) is 123 cm³/mol. The van der Waals surface area contributed by atoms with E-state index < -0.39 is 10.0 Å². The average Bonchev–Trinajstić information content (AvgIpc) is 2.74. The maximum absolute atomic E-state index is 12.9. The first-order valence-corrected chi connectivity index (χ1v) is 12.7. The molecule has 0 amide bonds. The number of nitrogens with one attached hydrogen (secondary N) is 1. The van der Waals surface area contributed by atoms with E-state index in [-0.39, 0.29) is 17.0 Å². The van der Waals surface area contributed by atoms with Crippen LogP contribution in [0.3, 0.4) is 0 Å². The van der Waals surface area contributed by atoms with Crippen molar-refractivity contribution in [1.29, 1.82) is 0 Å². The molecule has 5 nitrogen and oxygen atoms in total. The SMILES string of the molecule is O=S(=O)(N[C@@H]1CCCC[C@@H]1N1CCN(c2cccc(Cl)c2)CC1)c1ccc(Cl)cc1. The molecule has 2 aromatic rings. The highest BCUT2D eigenvalue weighted by Crippen LogP contribution is 2.28. The fraction of sp³-hybridized carbons (Fsp3) is 0.455. The first-order valence-electron chi connectivity index (χ1n) is 10.4. The summed E-state index contributed by atoms with van der Waals surface area (Å²) in [5, 5.41) is 1.28. The molecule has 30 heavy (non-hydrogen) atoms. The van der Waals surface area contributed by atoms with E-state index >= 15 is 0 Å². The summed E-state index contributed by atoms with van der Waals surface area (Å²) in [6, 6.07) is 14.5. The maximum atomic E-state index is 12.9. The van der Waals surface area contributed by atoms with Gasteiger partial charge in [0, 0.05) is 54.0 Å². The highest BCUT2D eigenvalue weighted by Gasteiger charge is 2.34. The molecule has 0 bridgehead atoms. The summed E-state index contributed by atoms with van der Waals surface area (Å²) in [6.07, 6.45) is 4.07. The number of anilines is 1. The summed E-state index contributed by atoms with van der Waals surface area (Å²) >= 11 is 12.1. The molecule has 1 saturated heterocycles. The van der Waals surface area contributed by atoms with Crippen LogP contribution in [0.15, 0.2) is 53.4 Å². The standard InChI is InChI=1S/C22H27Cl2N3O2S/c23-17-8-10-20(11-9-17)30(28,29)25-21-6-1-2-7-22(21)27-14-12-26(13-15-27)19-5-3-4-18(24)16-19/h3-5,8-11,16,21-22,25H,1-2,6-7,12-15H2/t21-,22+/m1/s1. The number of rotatable bonds is 5. The Morgan fingerprint density at radius 1 is 0.867 bits per heavy atom. The van der Waals surface area contributed by atoms with Crippen molar-refractivity contribution in [3.8, 4) is 0 Å². The van der Waals surface area contributed by atoms with E-state index in [0.717, 1.165) is 62.6 Å². The van der Waals surface area contributed by atoms with Crippen LogP contribution in [0.2, 0.25) is 10.0 Å². The molecule has 1 aliphatic carbocycles. The highest BCUT2D eigenvalue weighted by atomic mass is 35.5. The second-order valence-corrected chi connectivity index (χ2v) is 10.6.